The minimum Gasteiger partial charge on any atom is -0.444 e. The minimum absolute atomic E-state index is 0.561. The molecule has 2 atom stereocenters. The Balaban J connectivity index is 2.79. The van der Waals surface area contributed by atoms with Crippen molar-refractivity contribution in [1.29, 1.82) is 0 Å². The fourth-order valence-corrected chi connectivity index (χ4v) is 1.66. The number of hydrogen-bond donors (Lipinski definition) is 0. The molecule has 1 aromatic rings. The second kappa shape index (κ2) is 2.47. The van der Waals surface area contributed by atoms with Crippen LogP contribution in [0.15, 0.2) is 10.8 Å². The summed E-state index contributed by atoms with van der Waals surface area (Å²) in [4.78, 5) is 4.19. The molecule has 2 heteroatoms. The van der Waals surface area contributed by atoms with E-state index in [0.29, 0.717) is 11.8 Å². The topological polar surface area (TPSA) is 26.0 Å². The van der Waals surface area contributed by atoms with Crippen molar-refractivity contribution < 1.29 is 4.42 Å². The van der Waals surface area contributed by atoms with Crippen molar-refractivity contribution in [3.05, 3.63) is 17.2 Å². The molecule has 0 radical (unpaired) electrons. The van der Waals surface area contributed by atoms with Gasteiger partial charge in [0.2, 0.25) is 0 Å². The predicted octanol–water partition coefficient (Wildman–Crippen LogP) is 0.911. The van der Waals surface area contributed by atoms with Crippen LogP contribution in [0.25, 0.3) is 11.6 Å². The average Bonchev–Trinajstić information content (AvgIpc) is 2.48. The van der Waals surface area contributed by atoms with Crippen molar-refractivity contribution in [3.63, 3.8) is 0 Å². The van der Waals surface area contributed by atoms with Gasteiger partial charge in [0.05, 0.1) is 0 Å². The quantitative estimate of drug-likeness (QED) is 0.568. The molecule has 2 unspecified atom stereocenters. The van der Waals surface area contributed by atoms with Gasteiger partial charge in [-0.15, -0.1) is 0 Å². The molecule has 1 aliphatic carbocycles. The lowest BCUT2D eigenvalue weighted by Crippen LogP contribution is -2.33. The zero-order valence-electron chi connectivity index (χ0n) is 7.66. The Hall–Kier alpha value is -1.05. The summed E-state index contributed by atoms with van der Waals surface area (Å²) in [7, 11) is 0. The van der Waals surface area contributed by atoms with Crippen LogP contribution in [0, 0.1) is 11.8 Å². The van der Waals surface area contributed by atoms with Crippen molar-refractivity contribution >= 4 is 11.6 Å². The highest BCUT2D eigenvalue weighted by Gasteiger charge is 2.17. The molecular weight excluding hydrogens is 150 g/mol. The van der Waals surface area contributed by atoms with Crippen LogP contribution in [0.1, 0.15) is 20.8 Å². The van der Waals surface area contributed by atoms with Crippen LogP contribution in [0.4, 0.5) is 0 Å². The van der Waals surface area contributed by atoms with Gasteiger partial charge in [-0.2, -0.15) is 0 Å². The fourth-order valence-electron chi connectivity index (χ4n) is 1.66. The summed E-state index contributed by atoms with van der Waals surface area (Å²) in [6.07, 6.45) is 3.68. The van der Waals surface area contributed by atoms with Crippen molar-refractivity contribution in [2.75, 3.05) is 0 Å². The molecule has 0 amide bonds. The fraction of sp³-hybridized carbons (Fsp3) is 0.500. The molecule has 0 fully saturated rings. The molecule has 1 aliphatic rings. The lowest BCUT2D eigenvalue weighted by atomic mass is 9.86. The molecule has 0 bridgehead atoms. The normalized spacial score (nSPS) is 28.1. The number of fused-ring (bicyclic) bond motifs is 1. The largest absolute Gasteiger partial charge is 0.444 e. The van der Waals surface area contributed by atoms with Crippen LogP contribution >= 0.6 is 0 Å². The molecule has 0 saturated heterocycles. The monoisotopic (exact) mass is 163 g/mol. The van der Waals surface area contributed by atoms with E-state index in [1.807, 2.05) is 0 Å². The third-order valence-corrected chi connectivity index (χ3v) is 2.85. The Morgan fingerprint density at radius 1 is 1.42 bits per heavy atom. The Bertz CT molecular complexity index is 402. The summed E-state index contributed by atoms with van der Waals surface area (Å²) in [6.45, 7) is 6.57. The molecule has 0 N–H and O–H groups in total. The summed E-state index contributed by atoms with van der Waals surface area (Å²) < 4.78 is 5.26. The van der Waals surface area contributed by atoms with E-state index in [1.54, 1.807) is 0 Å². The minimum atomic E-state index is 0.561. The smallest absolute Gasteiger partial charge is 0.181 e. The summed E-state index contributed by atoms with van der Waals surface area (Å²) in [5, 5.41) is 1.04. The van der Waals surface area contributed by atoms with Gasteiger partial charge in [0, 0.05) is 0 Å². The van der Waals surface area contributed by atoms with Gasteiger partial charge in [0.25, 0.3) is 0 Å². The van der Waals surface area contributed by atoms with Crippen molar-refractivity contribution in [2.24, 2.45) is 11.8 Å². The SMILES string of the molecule is CC1=c2ncoc2=CC(C)C1C. The zero-order valence-corrected chi connectivity index (χ0v) is 7.66. The predicted molar refractivity (Wildman–Crippen MR) is 47.6 cm³/mol. The highest BCUT2D eigenvalue weighted by Crippen LogP contribution is 2.22. The third kappa shape index (κ3) is 0.909. The maximum atomic E-state index is 5.26. The highest BCUT2D eigenvalue weighted by atomic mass is 16.3. The van der Waals surface area contributed by atoms with Gasteiger partial charge < -0.3 is 4.42 Å². The first kappa shape index (κ1) is 7.59. The van der Waals surface area contributed by atoms with Gasteiger partial charge in [0.1, 0.15) is 5.35 Å². The second-order valence-corrected chi connectivity index (χ2v) is 3.56. The maximum absolute atomic E-state index is 5.26. The van der Waals surface area contributed by atoms with Gasteiger partial charge >= 0.3 is 0 Å². The first-order valence-corrected chi connectivity index (χ1v) is 4.32. The number of hydrogen-bond acceptors (Lipinski definition) is 2. The van der Waals surface area contributed by atoms with E-state index in [9.17, 15) is 0 Å². The van der Waals surface area contributed by atoms with Crippen molar-refractivity contribution in [2.45, 2.75) is 20.8 Å². The molecule has 1 aromatic heterocycles. The van der Waals surface area contributed by atoms with Crippen LogP contribution < -0.4 is 10.8 Å². The first-order chi connectivity index (χ1) is 5.70. The Morgan fingerprint density at radius 3 is 2.92 bits per heavy atom. The molecule has 1 heterocycles. The Labute approximate surface area is 71.6 Å². The zero-order chi connectivity index (χ0) is 8.72. The number of rotatable bonds is 0. The molecule has 0 saturated carbocycles. The van der Waals surface area contributed by atoms with Gasteiger partial charge in [0.15, 0.2) is 11.8 Å². The Kier molecular flexibility index (Phi) is 1.56. The van der Waals surface area contributed by atoms with E-state index < -0.39 is 0 Å². The van der Waals surface area contributed by atoms with Crippen LogP contribution in [-0.2, 0) is 0 Å². The molecule has 0 spiro atoms. The molecular formula is C10H13NO. The van der Waals surface area contributed by atoms with E-state index in [2.05, 4.69) is 31.8 Å². The molecule has 0 aromatic carbocycles. The van der Waals surface area contributed by atoms with Crippen LogP contribution in [0.5, 0.6) is 0 Å². The van der Waals surface area contributed by atoms with E-state index in [4.69, 9.17) is 4.42 Å². The third-order valence-electron chi connectivity index (χ3n) is 2.85. The van der Waals surface area contributed by atoms with E-state index in [1.165, 1.54) is 12.0 Å². The molecule has 64 valence electrons. The van der Waals surface area contributed by atoms with Gasteiger partial charge in [-0.3, -0.25) is 0 Å². The lowest BCUT2D eigenvalue weighted by Gasteiger charge is -2.18. The maximum Gasteiger partial charge on any atom is 0.181 e. The van der Waals surface area contributed by atoms with Crippen molar-refractivity contribution in [3.8, 4) is 0 Å². The number of oxazole rings is 1. The van der Waals surface area contributed by atoms with Crippen molar-refractivity contribution in [1.82, 2.24) is 4.98 Å². The second-order valence-electron chi connectivity index (χ2n) is 3.56. The number of nitrogens with zero attached hydrogens (tertiary/aromatic N) is 1. The van der Waals surface area contributed by atoms with Crippen LogP contribution in [-0.4, -0.2) is 4.98 Å². The highest BCUT2D eigenvalue weighted by molar-refractivity contribution is 5.49. The molecule has 0 aliphatic heterocycles. The van der Waals surface area contributed by atoms with E-state index in [0.717, 1.165) is 10.8 Å². The van der Waals surface area contributed by atoms with E-state index in [-0.39, 0.29) is 0 Å². The van der Waals surface area contributed by atoms with Crippen LogP contribution in [0.2, 0.25) is 0 Å². The summed E-state index contributed by atoms with van der Waals surface area (Å²) in [5.41, 5.74) is 2.28. The first-order valence-electron chi connectivity index (χ1n) is 4.32. The van der Waals surface area contributed by atoms with Gasteiger partial charge in [-0.05, 0) is 30.4 Å². The lowest BCUT2D eigenvalue weighted by molar-refractivity contribution is 0.504. The number of aromatic nitrogens is 1. The van der Waals surface area contributed by atoms with Crippen LogP contribution in [0.3, 0.4) is 0 Å². The summed E-state index contributed by atoms with van der Waals surface area (Å²) in [5.74, 6) is 1.15. The molecule has 2 rings (SSSR count). The summed E-state index contributed by atoms with van der Waals surface area (Å²) in [6, 6.07) is 0. The van der Waals surface area contributed by atoms with Gasteiger partial charge in [-0.1, -0.05) is 13.8 Å². The standard InChI is InChI=1S/C10H13NO/c1-6-4-9-10(11-5-12-9)8(3)7(6)2/h4-7H,1-3H3. The Morgan fingerprint density at radius 2 is 2.17 bits per heavy atom. The summed E-state index contributed by atoms with van der Waals surface area (Å²) >= 11 is 0. The average molecular weight is 163 g/mol. The van der Waals surface area contributed by atoms with E-state index >= 15 is 0 Å². The molecule has 12 heavy (non-hydrogen) atoms. The molecule has 2 nitrogen and oxygen atoms in total. The van der Waals surface area contributed by atoms with Gasteiger partial charge in [-0.25, -0.2) is 4.98 Å².